The van der Waals surface area contributed by atoms with Crippen LogP contribution in [0.3, 0.4) is 0 Å². The van der Waals surface area contributed by atoms with E-state index in [9.17, 15) is 0 Å². The summed E-state index contributed by atoms with van der Waals surface area (Å²) in [6.07, 6.45) is 0. The van der Waals surface area contributed by atoms with E-state index in [0.29, 0.717) is 0 Å². The largest absolute Gasteiger partial charge is 0.455 e. The van der Waals surface area contributed by atoms with Crippen LogP contribution >= 0.6 is 0 Å². The number of anilines is 3. The Morgan fingerprint density at radius 2 is 0.761 bits per heavy atom. The number of hydrogen-bond donors (Lipinski definition) is 0. The molecule has 12 aromatic carbocycles. The normalized spacial score (nSPS) is 11.7. The molecule has 2 heterocycles. The quantitative estimate of drug-likeness (QED) is 0.151. The van der Waals surface area contributed by atoms with Gasteiger partial charge >= 0.3 is 0 Å². The van der Waals surface area contributed by atoms with Crippen LogP contribution < -0.4 is 4.90 Å². The molecule has 0 unspecified atom stereocenters. The molecule has 0 spiro atoms. The van der Waals surface area contributed by atoms with Crippen LogP contribution in [-0.4, -0.2) is 4.57 Å². The molecule has 0 saturated carbocycles. The Morgan fingerprint density at radius 1 is 0.268 bits per heavy atom. The topological polar surface area (TPSA) is 21.3 Å². The molecule has 0 amide bonds. The lowest BCUT2D eigenvalue weighted by Gasteiger charge is -2.26. The fourth-order valence-electron chi connectivity index (χ4n) is 11.0. The number of para-hydroxylation sites is 3. The number of nitrogens with zero attached hydrogens (tertiary/aromatic N) is 2. The summed E-state index contributed by atoms with van der Waals surface area (Å²) in [6, 6.07) is 96.6. The van der Waals surface area contributed by atoms with Gasteiger partial charge in [0.2, 0.25) is 0 Å². The van der Waals surface area contributed by atoms with Gasteiger partial charge in [-0.05, 0) is 122 Å². The summed E-state index contributed by atoms with van der Waals surface area (Å²) >= 11 is 0. The predicted octanol–water partition coefficient (Wildman–Crippen LogP) is 19.1. The van der Waals surface area contributed by atoms with E-state index in [1.54, 1.807) is 0 Å². The minimum absolute atomic E-state index is 0.894. The van der Waals surface area contributed by atoms with Crippen LogP contribution in [0, 0.1) is 0 Å². The number of furan rings is 1. The molecular formula is C68H44N2O. The van der Waals surface area contributed by atoms with Gasteiger partial charge in [-0.2, -0.15) is 0 Å². The van der Waals surface area contributed by atoms with Gasteiger partial charge in [0, 0.05) is 55.2 Å². The average molecular weight is 905 g/mol. The Labute approximate surface area is 411 Å². The third kappa shape index (κ3) is 6.89. The lowest BCUT2D eigenvalue weighted by Crippen LogP contribution is -2.10. The summed E-state index contributed by atoms with van der Waals surface area (Å²) in [6.45, 7) is 0. The van der Waals surface area contributed by atoms with E-state index in [0.717, 1.165) is 77.9 Å². The second-order valence-corrected chi connectivity index (χ2v) is 18.5. The summed E-state index contributed by atoms with van der Waals surface area (Å²) in [5, 5.41) is 9.56. The standard InChI is InChI=1S/C68H44N2O/c1-3-20-57-48(13-1)15-11-24-58(57)50-31-29-45(30-32-50)46-33-38-53(39-34-46)69(55-18-10-17-52(44-55)60-25-12-26-63-64-42-37-49-14-2-4-21-59(49)67(64)71-68(60)63)54-40-35-47(36-41-54)51-16-9-19-56(43-51)70-65-27-7-5-22-61(65)62-23-6-8-28-66(62)70/h1-44H. The highest BCUT2D eigenvalue weighted by atomic mass is 16.3. The van der Waals surface area contributed by atoms with E-state index in [-0.39, 0.29) is 0 Å². The van der Waals surface area contributed by atoms with E-state index in [2.05, 4.69) is 276 Å². The van der Waals surface area contributed by atoms with Crippen molar-refractivity contribution in [3.05, 3.63) is 267 Å². The third-order valence-corrected chi connectivity index (χ3v) is 14.4. The van der Waals surface area contributed by atoms with Crippen molar-refractivity contribution in [3.8, 4) is 50.2 Å². The smallest absolute Gasteiger partial charge is 0.143 e. The summed E-state index contributed by atoms with van der Waals surface area (Å²) in [7, 11) is 0. The van der Waals surface area contributed by atoms with Crippen molar-refractivity contribution < 1.29 is 4.42 Å². The summed E-state index contributed by atoms with van der Waals surface area (Å²) in [5.41, 5.74) is 17.8. The SMILES string of the molecule is c1cc(-c2cccc3c2oc2c4ccccc4ccc32)cc(N(c2ccc(-c3ccc(-c4cccc5ccccc45)cc3)cc2)c2ccc(-c3cccc(-n4c5ccccc5c5ccccc54)c3)cc2)c1. The molecule has 0 aliphatic rings. The van der Waals surface area contributed by atoms with Crippen LogP contribution in [0.2, 0.25) is 0 Å². The molecule has 0 aliphatic carbocycles. The Balaban J connectivity index is 0.852. The van der Waals surface area contributed by atoms with E-state index in [1.807, 2.05) is 0 Å². The Kier molecular flexibility index (Phi) is 9.53. The van der Waals surface area contributed by atoms with E-state index in [4.69, 9.17) is 4.42 Å². The summed E-state index contributed by atoms with van der Waals surface area (Å²) in [5.74, 6) is 0. The van der Waals surface area contributed by atoms with Crippen LogP contribution in [0.1, 0.15) is 0 Å². The lowest BCUT2D eigenvalue weighted by molar-refractivity contribution is 0.674. The van der Waals surface area contributed by atoms with Crippen molar-refractivity contribution in [2.24, 2.45) is 0 Å². The number of hydrogen-bond acceptors (Lipinski definition) is 2. The fourth-order valence-corrected chi connectivity index (χ4v) is 11.0. The van der Waals surface area contributed by atoms with Crippen molar-refractivity contribution in [2.45, 2.75) is 0 Å². The lowest BCUT2D eigenvalue weighted by atomic mass is 9.96. The molecule has 14 rings (SSSR count). The van der Waals surface area contributed by atoms with Gasteiger partial charge in [0.05, 0.1) is 11.0 Å². The molecule has 0 bridgehead atoms. The Morgan fingerprint density at radius 3 is 1.48 bits per heavy atom. The molecule has 332 valence electrons. The van der Waals surface area contributed by atoms with Gasteiger partial charge in [-0.1, -0.05) is 200 Å². The molecule has 0 aliphatic heterocycles. The second kappa shape index (κ2) is 16.7. The molecule has 0 radical (unpaired) electrons. The van der Waals surface area contributed by atoms with E-state index < -0.39 is 0 Å². The van der Waals surface area contributed by atoms with Gasteiger partial charge < -0.3 is 13.9 Å². The zero-order chi connectivity index (χ0) is 46.8. The van der Waals surface area contributed by atoms with Gasteiger partial charge in [0.15, 0.2) is 0 Å². The van der Waals surface area contributed by atoms with Gasteiger partial charge in [0.1, 0.15) is 11.2 Å². The number of aromatic nitrogens is 1. The van der Waals surface area contributed by atoms with Crippen LogP contribution in [0.25, 0.3) is 115 Å². The molecule has 0 fully saturated rings. The first-order valence-electron chi connectivity index (χ1n) is 24.3. The minimum atomic E-state index is 0.894. The molecule has 14 aromatic rings. The molecule has 0 atom stereocenters. The van der Waals surface area contributed by atoms with E-state index in [1.165, 1.54) is 54.7 Å². The maximum Gasteiger partial charge on any atom is 0.143 e. The van der Waals surface area contributed by atoms with Gasteiger partial charge in [-0.25, -0.2) is 0 Å². The Hall–Kier alpha value is -9.44. The molecule has 71 heavy (non-hydrogen) atoms. The van der Waals surface area contributed by atoms with Crippen LogP contribution in [-0.2, 0) is 0 Å². The van der Waals surface area contributed by atoms with Crippen molar-refractivity contribution in [2.75, 3.05) is 4.90 Å². The van der Waals surface area contributed by atoms with Crippen LogP contribution in [0.4, 0.5) is 17.1 Å². The highest BCUT2D eigenvalue weighted by molar-refractivity contribution is 6.17. The highest BCUT2D eigenvalue weighted by Gasteiger charge is 2.19. The van der Waals surface area contributed by atoms with E-state index >= 15 is 0 Å². The predicted molar refractivity (Wildman–Crippen MR) is 299 cm³/mol. The van der Waals surface area contributed by atoms with Crippen molar-refractivity contribution in [1.29, 1.82) is 0 Å². The zero-order valence-electron chi connectivity index (χ0n) is 38.7. The van der Waals surface area contributed by atoms with Gasteiger partial charge in [0.25, 0.3) is 0 Å². The van der Waals surface area contributed by atoms with Gasteiger partial charge in [-0.15, -0.1) is 0 Å². The molecule has 3 nitrogen and oxygen atoms in total. The zero-order valence-corrected chi connectivity index (χ0v) is 38.7. The monoisotopic (exact) mass is 904 g/mol. The number of benzene rings is 12. The fraction of sp³-hybridized carbons (Fsp3) is 0. The van der Waals surface area contributed by atoms with Crippen molar-refractivity contribution in [1.82, 2.24) is 4.57 Å². The van der Waals surface area contributed by atoms with Gasteiger partial charge in [-0.3, -0.25) is 0 Å². The maximum absolute atomic E-state index is 6.84. The number of rotatable bonds is 8. The van der Waals surface area contributed by atoms with Crippen LogP contribution in [0.15, 0.2) is 271 Å². The Bertz CT molecular complexity index is 4270. The average Bonchev–Trinajstić information content (AvgIpc) is 4.00. The first-order chi connectivity index (χ1) is 35.2. The van der Waals surface area contributed by atoms with Crippen molar-refractivity contribution in [3.63, 3.8) is 0 Å². The molecule has 2 aromatic heterocycles. The molecule has 0 saturated heterocycles. The van der Waals surface area contributed by atoms with Crippen LogP contribution in [0.5, 0.6) is 0 Å². The third-order valence-electron chi connectivity index (χ3n) is 14.4. The summed E-state index contributed by atoms with van der Waals surface area (Å²) in [4.78, 5) is 2.36. The summed E-state index contributed by atoms with van der Waals surface area (Å²) < 4.78 is 9.22. The molecule has 3 heteroatoms. The minimum Gasteiger partial charge on any atom is -0.455 e. The van der Waals surface area contributed by atoms with Crippen molar-refractivity contribution >= 4 is 82.4 Å². The molecular weight excluding hydrogens is 861 g/mol. The first kappa shape index (κ1) is 40.6. The first-order valence-corrected chi connectivity index (χ1v) is 24.3. The maximum atomic E-state index is 6.84. The molecule has 0 N–H and O–H groups in total. The second-order valence-electron chi connectivity index (χ2n) is 18.5. The highest BCUT2D eigenvalue weighted by Crippen LogP contribution is 2.43. The number of fused-ring (bicyclic) bond motifs is 9.